The molecular formula is C40H26N6. The number of nitrogens with zero attached hydrogens (tertiary/aromatic N) is 6. The molecule has 0 saturated carbocycles. The van der Waals surface area contributed by atoms with Gasteiger partial charge in [0.1, 0.15) is 0 Å². The number of benzene rings is 6. The number of fused-ring (bicyclic) bond motifs is 5. The van der Waals surface area contributed by atoms with E-state index >= 15 is 0 Å². The van der Waals surface area contributed by atoms with Gasteiger partial charge >= 0.3 is 0 Å². The highest BCUT2D eigenvalue weighted by molar-refractivity contribution is 5.92. The molecule has 0 saturated heterocycles. The van der Waals surface area contributed by atoms with Gasteiger partial charge in [-0.25, -0.2) is 19.9 Å². The summed E-state index contributed by atoms with van der Waals surface area (Å²) in [7, 11) is 0. The third-order valence-corrected chi connectivity index (χ3v) is 8.39. The van der Waals surface area contributed by atoms with Crippen molar-refractivity contribution in [1.29, 1.82) is 0 Å². The Labute approximate surface area is 264 Å². The summed E-state index contributed by atoms with van der Waals surface area (Å²) in [5.41, 5.74) is 10.4. The van der Waals surface area contributed by atoms with Crippen LogP contribution in [0.2, 0.25) is 0 Å². The molecule has 0 aliphatic heterocycles. The molecule has 9 aromatic rings. The zero-order valence-electron chi connectivity index (χ0n) is 24.7. The maximum atomic E-state index is 5.02. The molecule has 0 aliphatic rings. The summed E-state index contributed by atoms with van der Waals surface area (Å²) in [5.74, 6) is 2.83. The molecule has 6 nitrogen and oxygen atoms in total. The molecule has 6 heteroatoms. The van der Waals surface area contributed by atoms with Crippen molar-refractivity contribution >= 4 is 27.8 Å². The monoisotopic (exact) mass is 590 g/mol. The standard InChI is InChI=1S/C40H26N6/c1-3-12-28(13-4-1)37-42-38(29-14-5-2-6-15-29)44-39(43-37)31-17-11-16-30(26-31)27-22-24-32(25-23-27)45-35-20-9-10-21-36(35)46-34-19-8-7-18-33(34)41-40(45)46/h1-26H. The van der Waals surface area contributed by atoms with Gasteiger partial charge in [-0.05, 0) is 53.6 Å². The van der Waals surface area contributed by atoms with Gasteiger partial charge in [-0.2, -0.15) is 0 Å². The minimum atomic E-state index is 0.638. The first-order valence-corrected chi connectivity index (χ1v) is 15.2. The van der Waals surface area contributed by atoms with Crippen LogP contribution in [0.25, 0.3) is 78.8 Å². The van der Waals surface area contributed by atoms with E-state index in [4.69, 9.17) is 19.9 Å². The molecule has 0 bridgehead atoms. The summed E-state index contributed by atoms with van der Waals surface area (Å²) in [4.78, 5) is 19.7. The predicted molar refractivity (Wildman–Crippen MR) is 185 cm³/mol. The van der Waals surface area contributed by atoms with Crippen LogP contribution in [0, 0.1) is 0 Å². The van der Waals surface area contributed by atoms with E-state index in [0.717, 1.165) is 61.3 Å². The summed E-state index contributed by atoms with van der Waals surface area (Å²) in [6.45, 7) is 0. The summed E-state index contributed by atoms with van der Waals surface area (Å²) in [5, 5.41) is 0. The van der Waals surface area contributed by atoms with Crippen molar-refractivity contribution in [2.45, 2.75) is 0 Å². The molecule has 0 amide bonds. The third-order valence-electron chi connectivity index (χ3n) is 8.39. The van der Waals surface area contributed by atoms with Crippen molar-refractivity contribution in [3.05, 3.63) is 158 Å². The van der Waals surface area contributed by atoms with E-state index in [2.05, 4.69) is 100.0 Å². The first-order chi connectivity index (χ1) is 22.8. The van der Waals surface area contributed by atoms with E-state index in [1.165, 1.54) is 0 Å². The summed E-state index contributed by atoms with van der Waals surface area (Å²) in [6, 6.07) is 53.9. The van der Waals surface area contributed by atoms with Gasteiger partial charge in [0, 0.05) is 22.4 Å². The Morgan fingerprint density at radius 1 is 0.348 bits per heavy atom. The van der Waals surface area contributed by atoms with Crippen LogP contribution in [0.5, 0.6) is 0 Å². The van der Waals surface area contributed by atoms with Gasteiger partial charge < -0.3 is 0 Å². The molecule has 0 unspecified atom stereocenters. The molecule has 0 atom stereocenters. The number of hydrogen-bond acceptors (Lipinski definition) is 4. The topological polar surface area (TPSA) is 60.9 Å². The molecular weight excluding hydrogens is 564 g/mol. The van der Waals surface area contributed by atoms with Crippen LogP contribution in [0.4, 0.5) is 0 Å². The molecule has 216 valence electrons. The van der Waals surface area contributed by atoms with Gasteiger partial charge in [0.15, 0.2) is 17.5 Å². The SMILES string of the molecule is c1ccc(-c2nc(-c3ccccc3)nc(-c3cccc(-c4ccc(-n5c6ccccc6n6c7ccccc7nc56)cc4)c3)n2)cc1. The minimum Gasteiger partial charge on any atom is -0.278 e. The van der Waals surface area contributed by atoms with Gasteiger partial charge in [0.05, 0.1) is 22.1 Å². The van der Waals surface area contributed by atoms with Crippen LogP contribution in [0.1, 0.15) is 0 Å². The molecule has 6 aromatic carbocycles. The Hall–Kier alpha value is -6.40. The van der Waals surface area contributed by atoms with Crippen molar-refractivity contribution in [2.24, 2.45) is 0 Å². The minimum absolute atomic E-state index is 0.638. The summed E-state index contributed by atoms with van der Waals surface area (Å²) >= 11 is 0. The zero-order chi connectivity index (χ0) is 30.5. The molecule has 46 heavy (non-hydrogen) atoms. The average molecular weight is 591 g/mol. The van der Waals surface area contributed by atoms with E-state index in [-0.39, 0.29) is 0 Å². The number of imidazole rings is 2. The fourth-order valence-electron chi connectivity index (χ4n) is 6.18. The molecule has 3 aromatic heterocycles. The highest BCUT2D eigenvalue weighted by atomic mass is 15.2. The van der Waals surface area contributed by atoms with Crippen LogP contribution in [-0.4, -0.2) is 28.9 Å². The van der Waals surface area contributed by atoms with Crippen molar-refractivity contribution < 1.29 is 0 Å². The number of hydrogen-bond donors (Lipinski definition) is 0. The molecule has 0 N–H and O–H groups in total. The molecule has 0 radical (unpaired) electrons. The van der Waals surface area contributed by atoms with Crippen LogP contribution >= 0.6 is 0 Å². The predicted octanol–water partition coefficient (Wildman–Crippen LogP) is 9.28. The fourth-order valence-corrected chi connectivity index (χ4v) is 6.18. The van der Waals surface area contributed by atoms with Gasteiger partial charge in [0.25, 0.3) is 0 Å². The van der Waals surface area contributed by atoms with Gasteiger partial charge in [0.2, 0.25) is 5.78 Å². The van der Waals surface area contributed by atoms with Gasteiger partial charge in [-0.3, -0.25) is 8.97 Å². The summed E-state index contributed by atoms with van der Waals surface area (Å²) < 4.78 is 4.47. The average Bonchev–Trinajstić information content (AvgIpc) is 3.67. The van der Waals surface area contributed by atoms with Crippen molar-refractivity contribution in [3.8, 4) is 51.0 Å². The molecule has 0 spiro atoms. The fraction of sp³-hybridized carbons (Fsp3) is 0. The quantitative estimate of drug-likeness (QED) is 0.200. The number of aromatic nitrogens is 6. The second-order valence-corrected chi connectivity index (χ2v) is 11.2. The molecule has 9 rings (SSSR count). The van der Waals surface area contributed by atoms with E-state index in [1.54, 1.807) is 0 Å². The Morgan fingerprint density at radius 3 is 1.54 bits per heavy atom. The lowest BCUT2D eigenvalue weighted by atomic mass is 10.0. The first-order valence-electron chi connectivity index (χ1n) is 15.2. The van der Waals surface area contributed by atoms with E-state index in [1.807, 2.05) is 66.7 Å². The van der Waals surface area contributed by atoms with Crippen molar-refractivity contribution in [1.82, 2.24) is 28.9 Å². The second-order valence-electron chi connectivity index (χ2n) is 11.2. The van der Waals surface area contributed by atoms with E-state index in [0.29, 0.717) is 17.5 Å². The largest absolute Gasteiger partial charge is 0.278 e. The maximum Gasteiger partial charge on any atom is 0.220 e. The molecule has 0 aliphatic carbocycles. The lowest BCUT2D eigenvalue weighted by molar-refractivity contribution is 1.07. The number of rotatable bonds is 5. The molecule has 3 heterocycles. The lowest BCUT2D eigenvalue weighted by Gasteiger charge is -2.10. The Morgan fingerprint density at radius 2 is 0.870 bits per heavy atom. The zero-order valence-corrected chi connectivity index (χ0v) is 24.7. The van der Waals surface area contributed by atoms with Crippen molar-refractivity contribution in [2.75, 3.05) is 0 Å². The number of para-hydroxylation sites is 4. The smallest absolute Gasteiger partial charge is 0.220 e. The Balaban J connectivity index is 1.13. The van der Waals surface area contributed by atoms with Crippen molar-refractivity contribution in [3.63, 3.8) is 0 Å². The highest BCUT2D eigenvalue weighted by Gasteiger charge is 2.17. The summed E-state index contributed by atoms with van der Waals surface area (Å²) in [6.07, 6.45) is 0. The Bertz CT molecular complexity index is 2450. The lowest BCUT2D eigenvalue weighted by Crippen LogP contribution is -2.00. The third kappa shape index (κ3) is 4.35. The van der Waals surface area contributed by atoms with Gasteiger partial charge in [-0.1, -0.05) is 115 Å². The maximum absolute atomic E-state index is 5.02. The normalized spacial score (nSPS) is 11.5. The highest BCUT2D eigenvalue weighted by Crippen LogP contribution is 2.32. The van der Waals surface area contributed by atoms with Crippen LogP contribution in [0.3, 0.4) is 0 Å². The second kappa shape index (κ2) is 10.6. The van der Waals surface area contributed by atoms with E-state index < -0.39 is 0 Å². The van der Waals surface area contributed by atoms with Crippen LogP contribution < -0.4 is 0 Å². The van der Waals surface area contributed by atoms with Gasteiger partial charge in [-0.15, -0.1) is 0 Å². The molecule has 0 fully saturated rings. The van der Waals surface area contributed by atoms with E-state index in [9.17, 15) is 0 Å². The Kier molecular flexibility index (Phi) is 6.03. The van der Waals surface area contributed by atoms with Crippen LogP contribution in [-0.2, 0) is 0 Å². The van der Waals surface area contributed by atoms with Crippen LogP contribution in [0.15, 0.2) is 158 Å². The first kappa shape index (κ1) is 26.0.